The zero-order chi connectivity index (χ0) is 16.9. The SMILES string of the molecule is Cc1nnc(C(CC(=O)Nc2cccc(Cl)c2)c2ccccc2)o1. The Kier molecular flexibility index (Phi) is 4.91. The standard InChI is InChI=1S/C18H16ClN3O2/c1-12-21-22-18(24-12)16(13-6-3-2-4-7-13)11-17(23)20-15-9-5-8-14(19)10-15/h2-10,16H,11H2,1H3,(H,20,23). The Hall–Kier alpha value is -2.66. The van der Waals surface area contributed by atoms with Crippen LogP contribution in [0.3, 0.4) is 0 Å². The van der Waals surface area contributed by atoms with Crippen LogP contribution in [0.25, 0.3) is 0 Å². The summed E-state index contributed by atoms with van der Waals surface area (Å²) in [6, 6.07) is 16.7. The number of halogens is 1. The smallest absolute Gasteiger partial charge is 0.225 e. The molecule has 0 aliphatic heterocycles. The summed E-state index contributed by atoms with van der Waals surface area (Å²) in [4.78, 5) is 12.4. The third-order valence-corrected chi connectivity index (χ3v) is 3.77. The van der Waals surface area contributed by atoms with Crippen LogP contribution in [0.1, 0.15) is 29.7 Å². The van der Waals surface area contributed by atoms with Crippen molar-refractivity contribution in [1.82, 2.24) is 10.2 Å². The molecule has 0 radical (unpaired) electrons. The summed E-state index contributed by atoms with van der Waals surface area (Å²) in [6.07, 6.45) is 0.193. The number of aryl methyl sites for hydroxylation is 1. The molecule has 1 aromatic heterocycles. The molecule has 0 fully saturated rings. The summed E-state index contributed by atoms with van der Waals surface area (Å²) in [5.41, 5.74) is 1.60. The van der Waals surface area contributed by atoms with E-state index in [0.29, 0.717) is 22.5 Å². The molecule has 1 unspecified atom stereocenters. The Bertz CT molecular complexity index is 833. The number of benzene rings is 2. The molecule has 2 aromatic carbocycles. The minimum atomic E-state index is -0.299. The number of aromatic nitrogens is 2. The molecule has 6 heteroatoms. The van der Waals surface area contributed by atoms with Crippen LogP contribution in [0.2, 0.25) is 5.02 Å². The molecular weight excluding hydrogens is 326 g/mol. The van der Waals surface area contributed by atoms with Crippen LogP contribution < -0.4 is 5.32 Å². The second-order valence-electron chi connectivity index (χ2n) is 5.39. The van der Waals surface area contributed by atoms with E-state index in [0.717, 1.165) is 5.56 Å². The van der Waals surface area contributed by atoms with Gasteiger partial charge in [-0.05, 0) is 23.8 Å². The van der Waals surface area contributed by atoms with Crippen molar-refractivity contribution in [1.29, 1.82) is 0 Å². The van der Waals surface area contributed by atoms with E-state index in [1.54, 1.807) is 31.2 Å². The van der Waals surface area contributed by atoms with Crippen molar-refractivity contribution in [2.75, 3.05) is 5.32 Å². The highest BCUT2D eigenvalue weighted by Crippen LogP contribution is 2.27. The lowest BCUT2D eigenvalue weighted by Gasteiger charge is -2.13. The molecule has 3 aromatic rings. The van der Waals surface area contributed by atoms with Gasteiger partial charge >= 0.3 is 0 Å². The summed E-state index contributed by atoms with van der Waals surface area (Å²) in [7, 11) is 0. The van der Waals surface area contributed by atoms with E-state index in [4.69, 9.17) is 16.0 Å². The van der Waals surface area contributed by atoms with Gasteiger partial charge in [0, 0.05) is 24.1 Å². The van der Waals surface area contributed by atoms with Gasteiger partial charge in [0.25, 0.3) is 0 Å². The first-order chi connectivity index (χ1) is 11.6. The highest BCUT2D eigenvalue weighted by atomic mass is 35.5. The van der Waals surface area contributed by atoms with Crippen LogP contribution in [0.4, 0.5) is 5.69 Å². The quantitative estimate of drug-likeness (QED) is 0.755. The molecule has 0 saturated heterocycles. The van der Waals surface area contributed by atoms with Crippen LogP contribution in [0, 0.1) is 6.92 Å². The Labute approximate surface area is 144 Å². The fourth-order valence-corrected chi connectivity index (χ4v) is 2.64. The lowest BCUT2D eigenvalue weighted by atomic mass is 9.95. The predicted molar refractivity (Wildman–Crippen MR) is 92.0 cm³/mol. The number of hydrogen-bond donors (Lipinski definition) is 1. The summed E-state index contributed by atoms with van der Waals surface area (Å²) in [5, 5.41) is 11.4. The Balaban J connectivity index is 1.80. The summed E-state index contributed by atoms with van der Waals surface area (Å²) >= 11 is 5.94. The fourth-order valence-electron chi connectivity index (χ4n) is 2.45. The van der Waals surface area contributed by atoms with Gasteiger partial charge in [0.05, 0.1) is 5.92 Å². The number of anilines is 1. The van der Waals surface area contributed by atoms with Crippen molar-refractivity contribution in [2.24, 2.45) is 0 Å². The Morgan fingerprint density at radius 2 is 1.96 bits per heavy atom. The predicted octanol–water partition coefficient (Wildman–Crippen LogP) is 4.19. The molecule has 0 aliphatic carbocycles. The number of amides is 1. The van der Waals surface area contributed by atoms with Gasteiger partial charge in [0.1, 0.15) is 0 Å². The topological polar surface area (TPSA) is 68.0 Å². The van der Waals surface area contributed by atoms with Crippen molar-refractivity contribution in [3.05, 3.63) is 77.0 Å². The van der Waals surface area contributed by atoms with Crippen LogP contribution in [-0.2, 0) is 4.79 Å². The van der Waals surface area contributed by atoms with Crippen molar-refractivity contribution in [2.45, 2.75) is 19.3 Å². The van der Waals surface area contributed by atoms with E-state index in [9.17, 15) is 4.79 Å². The van der Waals surface area contributed by atoms with Crippen molar-refractivity contribution >= 4 is 23.2 Å². The molecule has 0 bridgehead atoms. The molecular formula is C18H16ClN3O2. The number of nitrogens with one attached hydrogen (secondary N) is 1. The normalized spacial score (nSPS) is 11.9. The van der Waals surface area contributed by atoms with E-state index >= 15 is 0 Å². The zero-order valence-electron chi connectivity index (χ0n) is 13.1. The van der Waals surface area contributed by atoms with Gasteiger partial charge in [-0.25, -0.2) is 0 Å². The van der Waals surface area contributed by atoms with Gasteiger partial charge in [-0.15, -0.1) is 10.2 Å². The molecule has 5 nitrogen and oxygen atoms in total. The maximum Gasteiger partial charge on any atom is 0.225 e. The number of carbonyl (C=O) groups is 1. The summed E-state index contributed by atoms with van der Waals surface area (Å²) in [5.74, 6) is 0.453. The molecule has 0 spiro atoms. The van der Waals surface area contributed by atoms with Crippen LogP contribution in [-0.4, -0.2) is 16.1 Å². The first-order valence-electron chi connectivity index (χ1n) is 7.52. The monoisotopic (exact) mass is 341 g/mol. The van der Waals surface area contributed by atoms with Gasteiger partial charge < -0.3 is 9.73 Å². The van der Waals surface area contributed by atoms with Crippen LogP contribution in [0.5, 0.6) is 0 Å². The van der Waals surface area contributed by atoms with Gasteiger partial charge in [-0.3, -0.25) is 4.79 Å². The second kappa shape index (κ2) is 7.27. The third kappa shape index (κ3) is 4.00. The number of carbonyl (C=O) groups excluding carboxylic acids is 1. The van der Waals surface area contributed by atoms with E-state index in [-0.39, 0.29) is 18.2 Å². The maximum atomic E-state index is 12.4. The first-order valence-corrected chi connectivity index (χ1v) is 7.90. The molecule has 3 rings (SSSR count). The molecule has 1 atom stereocenters. The summed E-state index contributed by atoms with van der Waals surface area (Å²) in [6.45, 7) is 1.73. The average molecular weight is 342 g/mol. The van der Waals surface area contributed by atoms with Crippen LogP contribution in [0.15, 0.2) is 59.0 Å². The molecule has 122 valence electrons. The average Bonchev–Trinajstić information content (AvgIpc) is 3.00. The van der Waals surface area contributed by atoms with E-state index in [1.165, 1.54) is 0 Å². The second-order valence-corrected chi connectivity index (χ2v) is 5.82. The third-order valence-electron chi connectivity index (χ3n) is 3.54. The zero-order valence-corrected chi connectivity index (χ0v) is 13.8. The van der Waals surface area contributed by atoms with Crippen molar-refractivity contribution in [3.8, 4) is 0 Å². The number of nitrogens with zero attached hydrogens (tertiary/aromatic N) is 2. The molecule has 1 N–H and O–H groups in total. The van der Waals surface area contributed by atoms with Crippen LogP contribution >= 0.6 is 11.6 Å². The summed E-state index contributed by atoms with van der Waals surface area (Å²) < 4.78 is 5.55. The first kappa shape index (κ1) is 16.2. The Morgan fingerprint density at radius 1 is 1.17 bits per heavy atom. The minimum absolute atomic E-state index is 0.151. The molecule has 1 amide bonds. The van der Waals surface area contributed by atoms with Crippen molar-refractivity contribution in [3.63, 3.8) is 0 Å². The van der Waals surface area contributed by atoms with E-state index in [1.807, 2.05) is 30.3 Å². The van der Waals surface area contributed by atoms with E-state index < -0.39 is 0 Å². The van der Waals surface area contributed by atoms with Gasteiger partial charge in [0.2, 0.25) is 17.7 Å². The van der Waals surface area contributed by atoms with Gasteiger partial charge in [-0.1, -0.05) is 48.0 Å². The molecule has 0 saturated carbocycles. The van der Waals surface area contributed by atoms with E-state index in [2.05, 4.69) is 15.5 Å². The fraction of sp³-hybridized carbons (Fsp3) is 0.167. The van der Waals surface area contributed by atoms with Gasteiger partial charge in [-0.2, -0.15) is 0 Å². The van der Waals surface area contributed by atoms with Gasteiger partial charge in [0.15, 0.2) is 0 Å². The molecule has 0 aliphatic rings. The lowest BCUT2D eigenvalue weighted by Crippen LogP contribution is -2.16. The minimum Gasteiger partial charge on any atom is -0.425 e. The highest BCUT2D eigenvalue weighted by molar-refractivity contribution is 6.30. The lowest BCUT2D eigenvalue weighted by molar-refractivity contribution is -0.116. The van der Waals surface area contributed by atoms with Crippen molar-refractivity contribution < 1.29 is 9.21 Å². The number of rotatable bonds is 5. The maximum absolute atomic E-state index is 12.4. The molecule has 1 heterocycles. The Morgan fingerprint density at radius 3 is 2.62 bits per heavy atom. The largest absolute Gasteiger partial charge is 0.425 e. The highest BCUT2D eigenvalue weighted by Gasteiger charge is 2.23. The number of hydrogen-bond acceptors (Lipinski definition) is 4. The molecule has 24 heavy (non-hydrogen) atoms.